The van der Waals surface area contributed by atoms with E-state index in [2.05, 4.69) is 20.5 Å². The fourth-order valence-electron chi connectivity index (χ4n) is 3.19. The molecule has 0 spiro atoms. The molecule has 172 valence electrons. The number of nitrogens with zero attached hydrogens (tertiary/aromatic N) is 5. The molecule has 0 unspecified atom stereocenters. The Balaban J connectivity index is 1.48. The largest absolute Gasteiger partial charge is 0.471 e. The number of alkyl halides is 4. The standard InChI is InChI=1S/C21H18F4N6O2/c1-11-3-4-17(12(2)5-11)33-10-30-9-13(8-26-30)27-21(32)15-7-18-28-14(19(22)23)6-16(20(24)25)31(18)29-15/h3-9,19-20H,10H2,1-2H3,(H,27,32). The number of benzene rings is 1. The normalized spacial score (nSPS) is 11.5. The van der Waals surface area contributed by atoms with Crippen LogP contribution in [0.2, 0.25) is 0 Å². The summed E-state index contributed by atoms with van der Waals surface area (Å²) in [5, 5.41) is 10.4. The summed E-state index contributed by atoms with van der Waals surface area (Å²) in [4.78, 5) is 16.1. The van der Waals surface area contributed by atoms with Crippen LogP contribution in [0, 0.1) is 13.8 Å². The van der Waals surface area contributed by atoms with E-state index < -0.39 is 30.1 Å². The summed E-state index contributed by atoms with van der Waals surface area (Å²) >= 11 is 0. The van der Waals surface area contributed by atoms with Gasteiger partial charge in [-0.3, -0.25) is 4.79 Å². The Labute approximate surface area is 184 Å². The van der Waals surface area contributed by atoms with Gasteiger partial charge in [0.2, 0.25) is 0 Å². The first-order chi connectivity index (χ1) is 15.7. The second-order valence-electron chi connectivity index (χ2n) is 7.27. The number of hydrogen-bond donors (Lipinski definition) is 1. The summed E-state index contributed by atoms with van der Waals surface area (Å²) in [7, 11) is 0. The van der Waals surface area contributed by atoms with Gasteiger partial charge in [0.05, 0.1) is 18.1 Å². The predicted molar refractivity (Wildman–Crippen MR) is 110 cm³/mol. The molecule has 0 aliphatic heterocycles. The molecule has 12 heteroatoms. The third-order valence-corrected chi connectivity index (χ3v) is 4.73. The minimum Gasteiger partial charge on any atom is -0.471 e. The van der Waals surface area contributed by atoms with Crippen LogP contribution in [-0.4, -0.2) is 30.3 Å². The van der Waals surface area contributed by atoms with E-state index in [9.17, 15) is 22.4 Å². The van der Waals surface area contributed by atoms with Gasteiger partial charge in [-0.1, -0.05) is 17.7 Å². The molecule has 0 saturated heterocycles. The number of carbonyl (C=O) groups is 1. The van der Waals surface area contributed by atoms with Gasteiger partial charge in [0.1, 0.15) is 17.1 Å². The van der Waals surface area contributed by atoms with E-state index in [1.807, 2.05) is 32.0 Å². The van der Waals surface area contributed by atoms with Crippen molar-refractivity contribution in [2.45, 2.75) is 33.4 Å². The first kappa shape index (κ1) is 22.2. The number of anilines is 1. The average molecular weight is 462 g/mol. The highest BCUT2D eigenvalue weighted by molar-refractivity contribution is 6.03. The number of fused-ring (bicyclic) bond motifs is 1. The molecule has 8 nitrogen and oxygen atoms in total. The topological polar surface area (TPSA) is 86.3 Å². The number of nitrogens with one attached hydrogen (secondary N) is 1. The van der Waals surface area contributed by atoms with Crippen molar-refractivity contribution in [2.75, 3.05) is 5.32 Å². The highest BCUT2D eigenvalue weighted by Crippen LogP contribution is 2.25. The van der Waals surface area contributed by atoms with E-state index in [4.69, 9.17) is 4.74 Å². The molecule has 3 aromatic heterocycles. The highest BCUT2D eigenvalue weighted by atomic mass is 19.3. The lowest BCUT2D eigenvalue weighted by Crippen LogP contribution is -2.13. The maximum absolute atomic E-state index is 13.3. The van der Waals surface area contributed by atoms with Gasteiger partial charge in [-0.15, -0.1) is 0 Å². The fraction of sp³-hybridized carbons (Fsp3) is 0.238. The summed E-state index contributed by atoms with van der Waals surface area (Å²) in [6.07, 6.45) is -3.25. The first-order valence-corrected chi connectivity index (χ1v) is 9.72. The van der Waals surface area contributed by atoms with Crippen LogP contribution in [0.3, 0.4) is 0 Å². The third kappa shape index (κ3) is 4.78. The van der Waals surface area contributed by atoms with Crippen LogP contribution in [0.15, 0.2) is 42.7 Å². The quantitative estimate of drug-likeness (QED) is 0.402. The Morgan fingerprint density at radius 1 is 1.12 bits per heavy atom. The molecular formula is C21H18F4N6O2. The average Bonchev–Trinajstić information content (AvgIpc) is 3.38. The number of halogens is 4. The summed E-state index contributed by atoms with van der Waals surface area (Å²) in [6, 6.07) is 7.38. The van der Waals surface area contributed by atoms with Crippen LogP contribution in [0.4, 0.5) is 23.2 Å². The van der Waals surface area contributed by atoms with Crippen molar-refractivity contribution < 1.29 is 27.1 Å². The van der Waals surface area contributed by atoms with Crippen molar-refractivity contribution in [3.05, 3.63) is 70.9 Å². The van der Waals surface area contributed by atoms with Crippen molar-refractivity contribution in [1.29, 1.82) is 0 Å². The number of carbonyl (C=O) groups excluding carboxylic acids is 1. The maximum Gasteiger partial charge on any atom is 0.280 e. The number of ether oxygens (including phenoxy) is 1. The van der Waals surface area contributed by atoms with Crippen molar-refractivity contribution in [3.63, 3.8) is 0 Å². The van der Waals surface area contributed by atoms with Crippen LogP contribution in [0.25, 0.3) is 5.65 Å². The molecule has 0 atom stereocenters. The lowest BCUT2D eigenvalue weighted by molar-refractivity contribution is 0.102. The van der Waals surface area contributed by atoms with Crippen LogP contribution >= 0.6 is 0 Å². The maximum atomic E-state index is 13.3. The molecule has 4 aromatic rings. The lowest BCUT2D eigenvalue weighted by Gasteiger charge is -2.09. The van der Waals surface area contributed by atoms with Gasteiger partial charge in [-0.25, -0.2) is 31.7 Å². The van der Waals surface area contributed by atoms with Crippen molar-refractivity contribution >= 4 is 17.2 Å². The molecule has 1 amide bonds. The molecule has 1 N–H and O–H groups in total. The van der Waals surface area contributed by atoms with E-state index in [0.29, 0.717) is 22.0 Å². The smallest absolute Gasteiger partial charge is 0.280 e. The molecule has 0 aliphatic rings. The number of aryl methyl sites for hydroxylation is 2. The zero-order chi connectivity index (χ0) is 23.7. The molecule has 0 fully saturated rings. The van der Waals surface area contributed by atoms with E-state index in [1.165, 1.54) is 17.1 Å². The molecule has 0 bridgehead atoms. The van der Waals surface area contributed by atoms with E-state index in [-0.39, 0.29) is 18.1 Å². The van der Waals surface area contributed by atoms with Gasteiger partial charge in [0, 0.05) is 6.07 Å². The monoisotopic (exact) mass is 462 g/mol. The summed E-state index contributed by atoms with van der Waals surface area (Å²) in [6.45, 7) is 3.99. The predicted octanol–water partition coefficient (Wildman–Crippen LogP) is 4.71. The summed E-state index contributed by atoms with van der Waals surface area (Å²) in [5.41, 5.74) is 0.212. The summed E-state index contributed by atoms with van der Waals surface area (Å²) in [5.74, 6) is -0.0500. The highest BCUT2D eigenvalue weighted by Gasteiger charge is 2.22. The van der Waals surface area contributed by atoms with Gasteiger partial charge >= 0.3 is 0 Å². The Morgan fingerprint density at radius 3 is 2.61 bits per heavy atom. The van der Waals surface area contributed by atoms with Crippen molar-refractivity contribution in [1.82, 2.24) is 24.4 Å². The summed E-state index contributed by atoms with van der Waals surface area (Å²) < 4.78 is 60.3. The second kappa shape index (κ2) is 8.88. The zero-order valence-corrected chi connectivity index (χ0v) is 17.5. The minimum atomic E-state index is -3.08. The number of hydrogen-bond acceptors (Lipinski definition) is 5. The van der Waals surface area contributed by atoms with E-state index in [0.717, 1.165) is 17.2 Å². The molecule has 0 radical (unpaired) electrons. The molecule has 1 aromatic carbocycles. The van der Waals surface area contributed by atoms with Gasteiger partial charge in [0.15, 0.2) is 18.1 Å². The molecule has 0 saturated carbocycles. The Hall–Kier alpha value is -3.96. The molecule has 3 heterocycles. The molecule has 4 rings (SSSR count). The lowest BCUT2D eigenvalue weighted by atomic mass is 10.1. The first-order valence-electron chi connectivity index (χ1n) is 9.72. The van der Waals surface area contributed by atoms with E-state index >= 15 is 0 Å². The Bertz CT molecular complexity index is 1320. The fourth-order valence-corrected chi connectivity index (χ4v) is 3.19. The van der Waals surface area contributed by atoms with Crippen LogP contribution in [0.1, 0.15) is 45.9 Å². The Kier molecular flexibility index (Phi) is 5.99. The second-order valence-corrected chi connectivity index (χ2v) is 7.27. The van der Waals surface area contributed by atoms with Crippen LogP contribution in [0.5, 0.6) is 5.75 Å². The van der Waals surface area contributed by atoms with Gasteiger partial charge in [0.25, 0.3) is 18.8 Å². The third-order valence-electron chi connectivity index (χ3n) is 4.73. The van der Waals surface area contributed by atoms with Gasteiger partial charge in [-0.2, -0.15) is 10.2 Å². The zero-order valence-electron chi connectivity index (χ0n) is 17.5. The minimum absolute atomic E-state index is 0.0895. The van der Waals surface area contributed by atoms with Crippen LogP contribution in [-0.2, 0) is 6.73 Å². The van der Waals surface area contributed by atoms with Gasteiger partial charge in [-0.05, 0) is 31.5 Å². The molecule has 33 heavy (non-hydrogen) atoms. The van der Waals surface area contributed by atoms with E-state index in [1.54, 1.807) is 0 Å². The van der Waals surface area contributed by atoms with Crippen molar-refractivity contribution in [2.24, 2.45) is 0 Å². The van der Waals surface area contributed by atoms with Crippen LogP contribution < -0.4 is 10.1 Å². The number of amides is 1. The van der Waals surface area contributed by atoms with Gasteiger partial charge < -0.3 is 10.1 Å². The van der Waals surface area contributed by atoms with Crippen molar-refractivity contribution in [3.8, 4) is 5.75 Å². The molecule has 0 aliphatic carbocycles. The number of rotatable bonds is 7. The number of aromatic nitrogens is 5. The SMILES string of the molecule is Cc1ccc(OCn2cc(NC(=O)c3cc4nc(C(F)F)cc(C(F)F)n4n3)cn2)c(C)c1. The Morgan fingerprint density at radius 2 is 1.91 bits per heavy atom. The molecular weight excluding hydrogens is 444 g/mol.